The number of morpholine rings is 1. The number of halogens is 1. The number of aromatic nitrogens is 3. The number of hydrogen-bond acceptors (Lipinski definition) is 6. The molecule has 2 aliphatic rings. The molecule has 174 valence electrons. The lowest BCUT2D eigenvalue weighted by molar-refractivity contribution is -0.119. The SMILES string of the molecule is NC(=O)C[C@H]1CC[C@H](Oc2nc3nc(-c4ccc(N5CCOCC5)cc4)c(Cl)cc3[nH]2)CC1. The van der Waals surface area contributed by atoms with Gasteiger partial charge in [-0.05, 0) is 49.8 Å². The molecule has 5 rings (SSSR count). The van der Waals surface area contributed by atoms with E-state index in [1.807, 2.05) is 18.2 Å². The molecule has 1 saturated carbocycles. The summed E-state index contributed by atoms with van der Waals surface area (Å²) in [5.74, 6) is 0.127. The van der Waals surface area contributed by atoms with E-state index < -0.39 is 0 Å². The van der Waals surface area contributed by atoms with Crippen LogP contribution < -0.4 is 15.4 Å². The lowest BCUT2D eigenvalue weighted by Crippen LogP contribution is -2.36. The third-order valence-electron chi connectivity index (χ3n) is 6.48. The Bertz CT molecular complexity index is 1120. The van der Waals surface area contributed by atoms with E-state index in [1.54, 1.807) is 0 Å². The van der Waals surface area contributed by atoms with Gasteiger partial charge in [0.25, 0.3) is 6.01 Å². The van der Waals surface area contributed by atoms with Gasteiger partial charge in [0.15, 0.2) is 5.65 Å². The standard InChI is InChI=1S/C24H28ClN5O3/c25-19-14-20-23(29-24(27-20)33-18-7-1-15(2-8-18)13-21(26)31)28-22(19)16-3-5-17(6-4-16)30-9-11-32-12-10-30/h3-6,14-15,18H,1-2,7-13H2,(H2,26,31)(H,27,28,29)/t15-,18-. The Morgan fingerprint density at radius 1 is 1.15 bits per heavy atom. The van der Waals surface area contributed by atoms with Crippen molar-refractivity contribution in [1.29, 1.82) is 0 Å². The number of amides is 1. The molecule has 1 amide bonds. The number of nitrogens with one attached hydrogen (secondary N) is 1. The summed E-state index contributed by atoms with van der Waals surface area (Å²) < 4.78 is 11.5. The molecular weight excluding hydrogens is 442 g/mol. The molecule has 0 bridgehead atoms. The molecule has 3 heterocycles. The number of fused-ring (bicyclic) bond motifs is 1. The van der Waals surface area contributed by atoms with Crippen molar-refractivity contribution in [2.45, 2.75) is 38.2 Å². The zero-order chi connectivity index (χ0) is 22.8. The van der Waals surface area contributed by atoms with E-state index in [4.69, 9.17) is 31.8 Å². The van der Waals surface area contributed by atoms with E-state index in [2.05, 4.69) is 27.0 Å². The van der Waals surface area contributed by atoms with Crippen molar-refractivity contribution in [3.05, 3.63) is 35.4 Å². The first kappa shape index (κ1) is 22.0. The van der Waals surface area contributed by atoms with Gasteiger partial charge >= 0.3 is 0 Å². The normalized spacial score (nSPS) is 21.3. The van der Waals surface area contributed by atoms with Gasteiger partial charge in [-0.25, -0.2) is 4.98 Å². The van der Waals surface area contributed by atoms with Crippen molar-refractivity contribution in [3.63, 3.8) is 0 Å². The molecule has 0 atom stereocenters. The zero-order valence-corrected chi connectivity index (χ0v) is 19.2. The Hall–Kier alpha value is -2.84. The number of H-pyrrole nitrogens is 1. The molecule has 1 aliphatic carbocycles. The van der Waals surface area contributed by atoms with Crippen molar-refractivity contribution < 1.29 is 14.3 Å². The maximum Gasteiger partial charge on any atom is 0.296 e. The number of imidazole rings is 1. The van der Waals surface area contributed by atoms with Gasteiger partial charge < -0.3 is 25.1 Å². The minimum absolute atomic E-state index is 0.0670. The topological polar surface area (TPSA) is 106 Å². The molecular formula is C24H28ClN5O3. The molecule has 0 unspecified atom stereocenters. The van der Waals surface area contributed by atoms with Crippen LogP contribution in [0.5, 0.6) is 6.01 Å². The number of carbonyl (C=O) groups excluding carboxylic acids is 1. The van der Waals surface area contributed by atoms with Crippen LogP contribution >= 0.6 is 11.6 Å². The number of aromatic amines is 1. The Morgan fingerprint density at radius 3 is 2.58 bits per heavy atom. The molecule has 0 radical (unpaired) electrons. The number of nitrogens with zero attached hydrogens (tertiary/aromatic N) is 3. The van der Waals surface area contributed by atoms with E-state index in [9.17, 15) is 4.79 Å². The van der Waals surface area contributed by atoms with Crippen LogP contribution in [-0.2, 0) is 9.53 Å². The van der Waals surface area contributed by atoms with Crippen molar-refractivity contribution in [2.24, 2.45) is 11.7 Å². The summed E-state index contributed by atoms with van der Waals surface area (Å²) in [6, 6.07) is 10.6. The van der Waals surface area contributed by atoms with Crippen LogP contribution in [0.3, 0.4) is 0 Å². The highest BCUT2D eigenvalue weighted by atomic mass is 35.5. The summed E-state index contributed by atoms with van der Waals surface area (Å²) in [4.78, 5) is 25.9. The fraction of sp³-hybridized carbons (Fsp3) is 0.458. The van der Waals surface area contributed by atoms with Gasteiger partial charge in [0.1, 0.15) is 6.10 Å². The number of rotatable bonds is 6. The third kappa shape index (κ3) is 5.07. The van der Waals surface area contributed by atoms with E-state index in [0.717, 1.165) is 63.1 Å². The average molecular weight is 470 g/mol. The molecule has 3 N–H and O–H groups in total. The number of primary amides is 1. The summed E-state index contributed by atoms with van der Waals surface area (Å²) in [6.07, 6.45) is 4.15. The van der Waals surface area contributed by atoms with Crippen molar-refractivity contribution >= 4 is 34.4 Å². The first-order valence-corrected chi connectivity index (χ1v) is 11.9. The minimum Gasteiger partial charge on any atom is -0.461 e. The van der Waals surface area contributed by atoms with Gasteiger partial charge in [0.2, 0.25) is 5.91 Å². The summed E-state index contributed by atoms with van der Waals surface area (Å²) in [5.41, 5.74) is 9.44. The second kappa shape index (κ2) is 9.57. The summed E-state index contributed by atoms with van der Waals surface area (Å²) in [5, 5.41) is 0.559. The van der Waals surface area contributed by atoms with Crippen molar-refractivity contribution in [1.82, 2.24) is 15.0 Å². The van der Waals surface area contributed by atoms with E-state index in [0.29, 0.717) is 34.7 Å². The molecule has 1 aliphatic heterocycles. The second-order valence-electron chi connectivity index (χ2n) is 8.81. The highest BCUT2D eigenvalue weighted by molar-refractivity contribution is 6.33. The van der Waals surface area contributed by atoms with Crippen LogP contribution in [-0.4, -0.2) is 53.3 Å². The lowest BCUT2D eigenvalue weighted by atomic mass is 9.85. The number of benzene rings is 1. The molecule has 2 aromatic heterocycles. The van der Waals surface area contributed by atoms with Gasteiger partial charge in [-0.2, -0.15) is 4.98 Å². The predicted octanol–water partition coefficient (Wildman–Crippen LogP) is 3.93. The minimum atomic E-state index is -0.230. The number of nitrogens with two attached hydrogens (primary N) is 1. The summed E-state index contributed by atoms with van der Waals surface area (Å²) in [7, 11) is 0. The van der Waals surface area contributed by atoms with Crippen LogP contribution in [0.1, 0.15) is 32.1 Å². The first-order valence-electron chi connectivity index (χ1n) is 11.5. The van der Waals surface area contributed by atoms with Gasteiger partial charge in [-0.1, -0.05) is 23.7 Å². The lowest BCUT2D eigenvalue weighted by Gasteiger charge is -2.28. The van der Waals surface area contributed by atoms with E-state index in [-0.39, 0.29) is 12.0 Å². The highest BCUT2D eigenvalue weighted by Gasteiger charge is 2.24. The molecule has 3 aromatic rings. The van der Waals surface area contributed by atoms with Crippen LogP contribution in [0.2, 0.25) is 5.02 Å². The predicted molar refractivity (Wildman–Crippen MR) is 128 cm³/mol. The number of pyridine rings is 1. The van der Waals surface area contributed by atoms with Gasteiger partial charge in [0.05, 0.1) is 29.4 Å². The van der Waals surface area contributed by atoms with Crippen LogP contribution in [0.25, 0.3) is 22.4 Å². The Balaban J connectivity index is 1.29. The third-order valence-corrected chi connectivity index (χ3v) is 6.77. The van der Waals surface area contributed by atoms with E-state index in [1.165, 1.54) is 5.69 Å². The number of carbonyl (C=O) groups is 1. The smallest absolute Gasteiger partial charge is 0.296 e. The van der Waals surface area contributed by atoms with Gasteiger partial charge in [-0.15, -0.1) is 0 Å². The maximum atomic E-state index is 11.1. The van der Waals surface area contributed by atoms with Gasteiger partial charge in [0, 0.05) is 30.8 Å². The molecule has 1 aromatic carbocycles. The van der Waals surface area contributed by atoms with Crippen molar-refractivity contribution in [3.8, 4) is 17.3 Å². The van der Waals surface area contributed by atoms with Crippen molar-refractivity contribution in [2.75, 3.05) is 31.2 Å². The van der Waals surface area contributed by atoms with Crippen LogP contribution in [0.4, 0.5) is 5.69 Å². The Morgan fingerprint density at radius 2 is 1.88 bits per heavy atom. The van der Waals surface area contributed by atoms with Crippen LogP contribution in [0.15, 0.2) is 30.3 Å². The molecule has 2 fully saturated rings. The first-order chi connectivity index (χ1) is 16.0. The number of hydrogen-bond donors (Lipinski definition) is 2. The highest BCUT2D eigenvalue weighted by Crippen LogP contribution is 2.32. The van der Waals surface area contributed by atoms with E-state index >= 15 is 0 Å². The monoisotopic (exact) mass is 469 g/mol. The molecule has 9 heteroatoms. The average Bonchev–Trinajstić information content (AvgIpc) is 3.21. The zero-order valence-electron chi connectivity index (χ0n) is 18.4. The fourth-order valence-electron chi connectivity index (χ4n) is 4.70. The molecule has 8 nitrogen and oxygen atoms in total. The largest absolute Gasteiger partial charge is 0.461 e. The summed E-state index contributed by atoms with van der Waals surface area (Å²) in [6.45, 7) is 3.30. The maximum absolute atomic E-state index is 11.1. The number of ether oxygens (including phenoxy) is 2. The number of anilines is 1. The Kier molecular flexibility index (Phi) is 6.37. The summed E-state index contributed by atoms with van der Waals surface area (Å²) >= 11 is 6.57. The quantitative estimate of drug-likeness (QED) is 0.566. The molecule has 33 heavy (non-hydrogen) atoms. The van der Waals surface area contributed by atoms with Gasteiger partial charge in [-0.3, -0.25) is 4.79 Å². The second-order valence-corrected chi connectivity index (χ2v) is 9.22. The van der Waals surface area contributed by atoms with Crippen LogP contribution in [0, 0.1) is 5.92 Å². The fourth-order valence-corrected chi connectivity index (χ4v) is 4.96. The molecule has 1 saturated heterocycles. The molecule has 0 spiro atoms. The Labute approximate surface area is 197 Å².